The van der Waals surface area contributed by atoms with Gasteiger partial charge in [0.05, 0.1) is 30.0 Å². The Labute approximate surface area is 245 Å². The van der Waals surface area contributed by atoms with Crippen molar-refractivity contribution in [3.63, 3.8) is 0 Å². The zero-order valence-electron chi connectivity index (χ0n) is 23.5. The Morgan fingerprint density at radius 1 is 0.973 bits per heavy atom. The van der Waals surface area contributed by atoms with Crippen molar-refractivity contribution >= 4 is 10.4 Å². The van der Waals surface area contributed by atoms with Crippen molar-refractivity contribution < 1.29 is 67.1 Å². The zero-order chi connectivity index (χ0) is 26.8. The number of rotatable bonds is 7. The summed E-state index contributed by atoms with van der Waals surface area (Å²) in [5.74, 6) is -0.301. The number of fused-ring (bicyclic) bond motifs is 5. The van der Waals surface area contributed by atoms with Crippen molar-refractivity contribution in [2.75, 3.05) is 0 Å². The van der Waals surface area contributed by atoms with Gasteiger partial charge in [-0.1, -0.05) is 34.6 Å². The monoisotopic (exact) mass is 554 g/mol. The van der Waals surface area contributed by atoms with Crippen LogP contribution in [0.15, 0.2) is 0 Å². The molecule has 0 aromatic carbocycles. The van der Waals surface area contributed by atoms with Gasteiger partial charge in [0.15, 0.2) is 0 Å². The van der Waals surface area contributed by atoms with Gasteiger partial charge in [0, 0.05) is 12.3 Å². The van der Waals surface area contributed by atoms with Crippen LogP contribution in [-0.4, -0.2) is 63.4 Å². The first-order valence-electron chi connectivity index (χ1n) is 13.9. The third-order valence-electron chi connectivity index (χ3n) is 11.3. The Morgan fingerprint density at radius 2 is 1.59 bits per heavy atom. The zero-order valence-corrected chi connectivity index (χ0v) is 26.3. The molecule has 8 nitrogen and oxygen atoms in total. The average Bonchev–Trinajstić information content (AvgIpc) is 3.02. The van der Waals surface area contributed by atoms with Gasteiger partial charge in [-0.15, -0.1) is 0 Å². The van der Waals surface area contributed by atoms with E-state index < -0.39 is 40.4 Å². The van der Waals surface area contributed by atoms with E-state index in [-0.39, 0.29) is 82.3 Å². The van der Waals surface area contributed by atoms with E-state index in [0.717, 1.165) is 19.3 Å². The summed E-state index contributed by atoms with van der Waals surface area (Å²) in [6, 6.07) is 0. The molecule has 4 fully saturated rings. The standard InChI is InChI=1S/C27H48O8S.Na/c1-15(2)22(35-36(32,33)34)7-6-16(3)18-13-20(29)24-26(18,5)11-9-23-25(4)10-8-17(28)12-19(25)21(30)14-27(23,24)31;/h15-24,28-31H,6-14H2,1-5H3,(H,32,33,34);/q;+1/p-1/t16-,17+,18-,19-,20-,21+,22+,23-,24-,25+,26-,27+;/m1./s1. The third kappa shape index (κ3) is 5.75. The summed E-state index contributed by atoms with van der Waals surface area (Å²) in [5.41, 5.74) is -1.77. The van der Waals surface area contributed by atoms with E-state index >= 15 is 0 Å². The summed E-state index contributed by atoms with van der Waals surface area (Å²) in [7, 11) is -4.78. The molecule has 4 rings (SSSR count). The molecule has 210 valence electrons. The van der Waals surface area contributed by atoms with Gasteiger partial charge in [0.2, 0.25) is 10.4 Å². The molecule has 4 N–H and O–H groups in total. The molecule has 0 spiro atoms. The van der Waals surface area contributed by atoms with E-state index in [1.54, 1.807) is 0 Å². The Morgan fingerprint density at radius 3 is 2.19 bits per heavy atom. The van der Waals surface area contributed by atoms with Gasteiger partial charge in [0.1, 0.15) is 0 Å². The maximum absolute atomic E-state index is 12.4. The van der Waals surface area contributed by atoms with E-state index in [0.29, 0.717) is 32.1 Å². The fourth-order valence-electron chi connectivity index (χ4n) is 9.68. The van der Waals surface area contributed by atoms with Crippen molar-refractivity contribution in [3.05, 3.63) is 0 Å². The van der Waals surface area contributed by atoms with Gasteiger partial charge >= 0.3 is 29.6 Å². The minimum absolute atomic E-state index is 0. The van der Waals surface area contributed by atoms with Crippen LogP contribution in [0.4, 0.5) is 0 Å². The Balaban J connectivity index is 0.00000380. The second-order valence-corrected chi connectivity index (χ2v) is 14.6. The molecule has 37 heavy (non-hydrogen) atoms. The third-order valence-corrected chi connectivity index (χ3v) is 11.8. The summed E-state index contributed by atoms with van der Waals surface area (Å²) < 4.78 is 38.4. The van der Waals surface area contributed by atoms with Crippen LogP contribution in [0.5, 0.6) is 0 Å². The second-order valence-electron chi connectivity index (χ2n) is 13.6. The van der Waals surface area contributed by atoms with Crippen LogP contribution in [0.2, 0.25) is 0 Å². The smallest absolute Gasteiger partial charge is 0.726 e. The molecule has 0 saturated heterocycles. The molecule has 10 heteroatoms. The number of hydrogen-bond acceptors (Lipinski definition) is 8. The maximum Gasteiger partial charge on any atom is 1.00 e. The summed E-state index contributed by atoms with van der Waals surface area (Å²) in [4.78, 5) is 0. The average molecular weight is 555 g/mol. The maximum atomic E-state index is 12.4. The summed E-state index contributed by atoms with van der Waals surface area (Å²) >= 11 is 0. The van der Waals surface area contributed by atoms with Crippen LogP contribution < -0.4 is 29.6 Å². The topological polar surface area (TPSA) is 147 Å². The molecule has 12 atom stereocenters. The largest absolute Gasteiger partial charge is 1.00 e. The normalized spacial score (nSPS) is 47.4. The minimum atomic E-state index is -4.78. The van der Waals surface area contributed by atoms with Crippen LogP contribution in [0.3, 0.4) is 0 Å². The van der Waals surface area contributed by atoms with Crippen molar-refractivity contribution in [1.29, 1.82) is 0 Å². The van der Waals surface area contributed by atoms with Crippen LogP contribution >= 0.6 is 0 Å². The molecule has 4 aliphatic rings. The fourth-order valence-corrected chi connectivity index (χ4v) is 10.3. The number of aliphatic hydroxyl groups is 4. The number of aliphatic hydroxyl groups excluding tert-OH is 3. The van der Waals surface area contributed by atoms with Crippen molar-refractivity contribution in [2.24, 2.45) is 46.3 Å². The van der Waals surface area contributed by atoms with E-state index in [2.05, 4.69) is 20.8 Å². The van der Waals surface area contributed by atoms with E-state index in [1.807, 2.05) is 13.8 Å². The van der Waals surface area contributed by atoms with Crippen LogP contribution in [0.25, 0.3) is 0 Å². The molecule has 4 saturated carbocycles. The Bertz CT molecular complexity index is 916. The number of hydrogen-bond donors (Lipinski definition) is 4. The quantitative estimate of drug-likeness (QED) is 0.195. The predicted molar refractivity (Wildman–Crippen MR) is 133 cm³/mol. The molecule has 0 aromatic rings. The van der Waals surface area contributed by atoms with E-state index in [1.165, 1.54) is 0 Å². The van der Waals surface area contributed by atoms with Gasteiger partial charge in [-0.05, 0) is 91.8 Å². The van der Waals surface area contributed by atoms with Crippen molar-refractivity contribution in [2.45, 2.75) is 122 Å². The molecular formula is C27H47NaO8S. The minimum Gasteiger partial charge on any atom is -0.726 e. The molecule has 0 amide bonds. The first kappa shape index (κ1) is 32.2. The summed E-state index contributed by atoms with van der Waals surface area (Å²) in [6.07, 6.45) is 3.08. The van der Waals surface area contributed by atoms with E-state index in [9.17, 15) is 33.4 Å². The van der Waals surface area contributed by atoms with Gasteiger partial charge in [-0.25, -0.2) is 8.42 Å². The molecular weight excluding hydrogens is 507 g/mol. The molecule has 0 aliphatic heterocycles. The van der Waals surface area contributed by atoms with Gasteiger partial charge in [-0.3, -0.25) is 4.18 Å². The first-order chi connectivity index (χ1) is 16.5. The van der Waals surface area contributed by atoms with Gasteiger partial charge in [-0.2, -0.15) is 0 Å². The Kier molecular flexibility index (Phi) is 9.74. The molecule has 0 bridgehead atoms. The van der Waals surface area contributed by atoms with Crippen molar-refractivity contribution in [3.8, 4) is 0 Å². The molecule has 4 aliphatic carbocycles. The molecule has 0 radical (unpaired) electrons. The van der Waals surface area contributed by atoms with Crippen LogP contribution in [0.1, 0.15) is 92.4 Å². The van der Waals surface area contributed by atoms with Crippen LogP contribution in [0, 0.1) is 46.3 Å². The molecule has 0 unspecified atom stereocenters. The second kappa shape index (κ2) is 11.2. The van der Waals surface area contributed by atoms with Crippen LogP contribution in [-0.2, 0) is 14.6 Å². The summed E-state index contributed by atoms with van der Waals surface area (Å²) in [5, 5.41) is 45.3. The van der Waals surface area contributed by atoms with Gasteiger partial charge < -0.3 is 25.0 Å². The first-order valence-corrected chi connectivity index (χ1v) is 15.3. The predicted octanol–water partition coefficient (Wildman–Crippen LogP) is -0.0156. The van der Waals surface area contributed by atoms with Gasteiger partial charge in [0.25, 0.3) is 0 Å². The van der Waals surface area contributed by atoms with E-state index in [4.69, 9.17) is 4.18 Å². The summed E-state index contributed by atoms with van der Waals surface area (Å²) in [6.45, 7) is 10.1. The Hall–Kier alpha value is 0.710. The molecule has 0 heterocycles. The fraction of sp³-hybridized carbons (Fsp3) is 1.00. The van der Waals surface area contributed by atoms with Crippen molar-refractivity contribution in [1.82, 2.24) is 0 Å². The SMILES string of the molecule is CC(C)[C@H](CC[C@@H](C)[C@H]1C[C@@H](O)[C@@H]2[C@]1(C)CC[C@@H]1[C@@]3(C)CC[C@H](O)C[C@@H]3[C@@H](O)C[C@]12O)OS(=O)(=O)[O-].[Na+]. The molecule has 0 aromatic heterocycles.